The summed E-state index contributed by atoms with van der Waals surface area (Å²) in [7, 11) is 0. The number of halogens is 2. The van der Waals surface area contributed by atoms with Gasteiger partial charge in [0, 0.05) is 25.2 Å². The monoisotopic (exact) mass is 419 g/mol. The summed E-state index contributed by atoms with van der Waals surface area (Å²) in [6.07, 6.45) is 1.51. The largest absolute Gasteiger partial charge is 0.503 e. The Morgan fingerprint density at radius 2 is 2.07 bits per heavy atom. The Morgan fingerprint density at radius 1 is 1.28 bits per heavy atom. The van der Waals surface area contributed by atoms with Crippen molar-refractivity contribution in [3.05, 3.63) is 62.5 Å². The molecule has 0 saturated heterocycles. The number of hydrazine groups is 1. The van der Waals surface area contributed by atoms with Crippen LogP contribution in [0.2, 0.25) is 0 Å². The molecule has 1 aliphatic rings. The number of benzene rings is 1. The molecule has 0 aliphatic carbocycles. The fourth-order valence-corrected chi connectivity index (χ4v) is 3.90. The van der Waals surface area contributed by atoms with E-state index in [4.69, 9.17) is 0 Å². The molecule has 8 nitrogen and oxygen atoms in total. The lowest BCUT2D eigenvalue weighted by molar-refractivity contribution is 0.0566. The standard InChI is InChI=1S/C18H15F2N5O3S/c1-2-25-18(28)14-16(27)15(26)11(7-24(14)8-21-25)17-23-22-13(29-17)5-9-3-4-10(19)6-12(9)20/h3-4,6-7,21,27H,2,5,8H2,1H3. The van der Waals surface area contributed by atoms with Gasteiger partial charge in [-0.25, -0.2) is 14.2 Å². The van der Waals surface area contributed by atoms with E-state index in [0.717, 1.165) is 23.5 Å². The summed E-state index contributed by atoms with van der Waals surface area (Å²) >= 11 is 1.05. The van der Waals surface area contributed by atoms with E-state index in [0.29, 0.717) is 11.6 Å². The van der Waals surface area contributed by atoms with Gasteiger partial charge in [0.05, 0.1) is 12.2 Å². The van der Waals surface area contributed by atoms with Crippen LogP contribution in [0.1, 0.15) is 28.0 Å². The summed E-state index contributed by atoms with van der Waals surface area (Å²) in [5.41, 5.74) is 2.36. The molecule has 11 heteroatoms. The molecule has 29 heavy (non-hydrogen) atoms. The highest BCUT2D eigenvalue weighted by Crippen LogP contribution is 2.27. The first-order valence-corrected chi connectivity index (χ1v) is 9.49. The minimum Gasteiger partial charge on any atom is -0.503 e. The average Bonchev–Trinajstić information content (AvgIpc) is 3.15. The fraction of sp³-hybridized carbons (Fsp3) is 0.222. The van der Waals surface area contributed by atoms with Crippen LogP contribution in [0.15, 0.2) is 29.2 Å². The fourth-order valence-electron chi connectivity index (χ4n) is 3.03. The highest BCUT2D eigenvalue weighted by molar-refractivity contribution is 7.14. The molecule has 4 rings (SSSR count). The van der Waals surface area contributed by atoms with Crippen LogP contribution in [-0.4, -0.2) is 37.3 Å². The van der Waals surface area contributed by atoms with Gasteiger partial charge in [-0.05, 0) is 18.6 Å². The summed E-state index contributed by atoms with van der Waals surface area (Å²) in [5.74, 6) is -2.54. The number of carbonyl (C=O) groups excluding carboxylic acids is 1. The number of nitrogens with zero attached hydrogens (tertiary/aromatic N) is 4. The van der Waals surface area contributed by atoms with Crippen LogP contribution in [0.3, 0.4) is 0 Å². The SMILES string of the molecule is CCN1NCn2cc(-c3nnc(Cc4ccc(F)cc4F)s3)c(=O)c(O)c2C1=O. The highest BCUT2D eigenvalue weighted by atomic mass is 32.1. The zero-order valence-electron chi connectivity index (χ0n) is 15.1. The third-order valence-electron chi connectivity index (χ3n) is 4.51. The third-order valence-corrected chi connectivity index (χ3v) is 5.46. The number of aromatic nitrogens is 3. The number of fused-ring (bicyclic) bond motifs is 1. The normalized spacial score (nSPS) is 13.6. The van der Waals surface area contributed by atoms with E-state index in [2.05, 4.69) is 15.6 Å². The second-order valence-corrected chi connectivity index (χ2v) is 7.38. The van der Waals surface area contributed by atoms with Crippen LogP contribution in [0.5, 0.6) is 5.75 Å². The molecule has 150 valence electrons. The van der Waals surface area contributed by atoms with Crippen molar-refractivity contribution in [2.45, 2.75) is 20.0 Å². The van der Waals surface area contributed by atoms with Crippen LogP contribution in [-0.2, 0) is 13.1 Å². The summed E-state index contributed by atoms with van der Waals surface area (Å²) < 4.78 is 28.3. The number of aromatic hydroxyl groups is 1. The summed E-state index contributed by atoms with van der Waals surface area (Å²) in [6.45, 7) is 2.31. The minimum absolute atomic E-state index is 0.0769. The van der Waals surface area contributed by atoms with Gasteiger partial charge in [-0.15, -0.1) is 10.2 Å². The lowest BCUT2D eigenvalue weighted by Crippen LogP contribution is -2.49. The van der Waals surface area contributed by atoms with E-state index >= 15 is 0 Å². The van der Waals surface area contributed by atoms with Gasteiger partial charge < -0.3 is 9.67 Å². The molecule has 0 saturated carbocycles. The van der Waals surface area contributed by atoms with Crippen LogP contribution < -0.4 is 10.9 Å². The average molecular weight is 419 g/mol. The van der Waals surface area contributed by atoms with Gasteiger partial charge in [-0.1, -0.05) is 17.4 Å². The predicted octanol–water partition coefficient (Wildman–Crippen LogP) is 1.88. The second kappa shape index (κ2) is 7.33. The Morgan fingerprint density at radius 3 is 2.79 bits per heavy atom. The van der Waals surface area contributed by atoms with Crippen LogP contribution in [0.4, 0.5) is 8.78 Å². The maximum atomic E-state index is 13.9. The number of rotatable bonds is 4. The van der Waals surface area contributed by atoms with E-state index < -0.39 is 28.7 Å². The number of amides is 1. The first-order chi connectivity index (χ1) is 13.9. The molecule has 0 bridgehead atoms. The van der Waals surface area contributed by atoms with E-state index in [1.807, 2.05) is 0 Å². The highest BCUT2D eigenvalue weighted by Gasteiger charge is 2.29. The van der Waals surface area contributed by atoms with Crippen molar-refractivity contribution < 1.29 is 18.7 Å². The summed E-state index contributed by atoms with van der Waals surface area (Å²) in [5, 5.41) is 20.2. The van der Waals surface area contributed by atoms with E-state index in [9.17, 15) is 23.5 Å². The molecular weight excluding hydrogens is 404 g/mol. The molecule has 0 spiro atoms. The molecular formula is C18H15F2N5O3S. The van der Waals surface area contributed by atoms with Gasteiger partial charge in [0.25, 0.3) is 5.91 Å². The number of pyridine rings is 1. The summed E-state index contributed by atoms with van der Waals surface area (Å²) in [4.78, 5) is 25.0. The molecule has 3 heterocycles. The Labute approximate surface area is 167 Å². The first kappa shape index (κ1) is 19.2. The molecule has 1 aliphatic heterocycles. The zero-order chi connectivity index (χ0) is 20.7. The Bertz CT molecular complexity index is 1180. The Balaban J connectivity index is 1.69. The zero-order valence-corrected chi connectivity index (χ0v) is 16.0. The van der Waals surface area contributed by atoms with Crippen molar-refractivity contribution in [1.29, 1.82) is 0 Å². The number of hydrogen-bond acceptors (Lipinski definition) is 7. The molecule has 1 amide bonds. The lowest BCUT2D eigenvalue weighted by atomic mass is 10.1. The molecule has 0 unspecified atom stereocenters. The Hall–Kier alpha value is -3.18. The maximum absolute atomic E-state index is 13.9. The molecule has 2 N–H and O–H groups in total. The summed E-state index contributed by atoms with van der Waals surface area (Å²) in [6, 6.07) is 3.26. The van der Waals surface area contributed by atoms with Crippen molar-refractivity contribution in [3.63, 3.8) is 0 Å². The van der Waals surface area contributed by atoms with Crippen molar-refractivity contribution in [2.24, 2.45) is 0 Å². The molecule has 0 radical (unpaired) electrons. The van der Waals surface area contributed by atoms with Crippen LogP contribution in [0, 0.1) is 11.6 Å². The van der Waals surface area contributed by atoms with Gasteiger partial charge >= 0.3 is 0 Å². The van der Waals surface area contributed by atoms with Gasteiger partial charge in [-0.2, -0.15) is 0 Å². The van der Waals surface area contributed by atoms with Crippen molar-refractivity contribution in [3.8, 4) is 16.3 Å². The molecule has 0 atom stereocenters. The molecule has 1 aromatic carbocycles. The van der Waals surface area contributed by atoms with E-state index in [1.54, 1.807) is 6.92 Å². The quantitative estimate of drug-likeness (QED) is 0.670. The minimum atomic E-state index is -0.738. The van der Waals surface area contributed by atoms with E-state index in [1.165, 1.54) is 21.8 Å². The molecule has 0 fully saturated rings. The second-order valence-electron chi connectivity index (χ2n) is 6.32. The van der Waals surface area contributed by atoms with Gasteiger partial charge in [0.2, 0.25) is 5.43 Å². The maximum Gasteiger partial charge on any atom is 0.288 e. The lowest BCUT2D eigenvalue weighted by Gasteiger charge is -2.30. The number of nitrogens with one attached hydrogen (secondary N) is 1. The van der Waals surface area contributed by atoms with Crippen molar-refractivity contribution in [2.75, 3.05) is 6.54 Å². The predicted molar refractivity (Wildman–Crippen MR) is 100 cm³/mol. The van der Waals surface area contributed by atoms with Gasteiger partial charge in [-0.3, -0.25) is 14.6 Å². The first-order valence-electron chi connectivity index (χ1n) is 8.67. The van der Waals surface area contributed by atoms with Crippen molar-refractivity contribution in [1.82, 2.24) is 25.2 Å². The topological polar surface area (TPSA) is 100 Å². The van der Waals surface area contributed by atoms with Crippen molar-refractivity contribution >= 4 is 17.2 Å². The van der Waals surface area contributed by atoms with Gasteiger partial charge in [0.15, 0.2) is 16.5 Å². The molecule has 3 aromatic rings. The van der Waals surface area contributed by atoms with Crippen LogP contribution >= 0.6 is 11.3 Å². The third kappa shape index (κ3) is 3.38. The van der Waals surface area contributed by atoms with Crippen LogP contribution in [0.25, 0.3) is 10.6 Å². The van der Waals surface area contributed by atoms with Gasteiger partial charge in [0.1, 0.15) is 16.6 Å². The molecule has 2 aromatic heterocycles. The Kier molecular flexibility index (Phi) is 4.84. The number of carbonyl (C=O) groups is 1. The smallest absolute Gasteiger partial charge is 0.288 e. The number of hydrogen-bond donors (Lipinski definition) is 2. The van der Waals surface area contributed by atoms with E-state index in [-0.39, 0.29) is 34.9 Å².